The molecule has 0 aromatic heterocycles. The fourth-order valence-corrected chi connectivity index (χ4v) is 8.41. The van der Waals surface area contributed by atoms with Gasteiger partial charge in [0.1, 0.15) is 0 Å². The predicted molar refractivity (Wildman–Crippen MR) is 145 cm³/mol. The van der Waals surface area contributed by atoms with Gasteiger partial charge in [-0.15, -0.1) is 0 Å². The summed E-state index contributed by atoms with van der Waals surface area (Å²) in [7, 11) is -2.97. The first-order valence-electron chi connectivity index (χ1n) is 13.6. The van der Waals surface area contributed by atoms with Crippen LogP contribution in [0.3, 0.4) is 0 Å². The SMILES string of the molecule is CC1C=CC=C(c2cccc(C3CC3C3=C([N+](=O)[O-])CC(C)C(C(C)OP(=O)(N4CC4)N4CC4)=C3)c2)C1. The third-order valence-corrected chi connectivity index (χ3v) is 11.2. The molecule has 5 atom stereocenters. The average molecular weight is 522 g/mol. The molecule has 0 bridgehead atoms. The van der Waals surface area contributed by atoms with Crippen molar-refractivity contribution < 1.29 is 14.0 Å². The first-order valence-corrected chi connectivity index (χ1v) is 15.1. The molecule has 5 unspecified atom stereocenters. The van der Waals surface area contributed by atoms with Crippen LogP contribution in [-0.2, 0) is 9.09 Å². The Balaban J connectivity index is 1.25. The van der Waals surface area contributed by atoms with Crippen molar-refractivity contribution in [2.45, 2.75) is 52.1 Å². The van der Waals surface area contributed by atoms with E-state index >= 15 is 0 Å². The number of benzene rings is 1. The van der Waals surface area contributed by atoms with Crippen LogP contribution < -0.4 is 0 Å². The van der Waals surface area contributed by atoms with Gasteiger partial charge in [-0.3, -0.25) is 19.2 Å². The summed E-state index contributed by atoms with van der Waals surface area (Å²) in [6, 6.07) is 8.73. The molecule has 196 valence electrons. The van der Waals surface area contributed by atoms with E-state index in [0.717, 1.165) is 50.2 Å². The van der Waals surface area contributed by atoms with Crippen LogP contribution in [0.1, 0.15) is 57.1 Å². The quantitative estimate of drug-likeness (QED) is 0.162. The van der Waals surface area contributed by atoms with Gasteiger partial charge in [-0.05, 0) is 65.7 Å². The minimum atomic E-state index is -2.97. The second-order valence-electron chi connectivity index (χ2n) is 11.4. The van der Waals surface area contributed by atoms with Crippen LogP contribution in [0, 0.1) is 27.9 Å². The van der Waals surface area contributed by atoms with Gasteiger partial charge in [0.15, 0.2) is 0 Å². The minimum Gasteiger partial charge on any atom is -0.298 e. The van der Waals surface area contributed by atoms with Crippen LogP contribution in [0.15, 0.2) is 65.4 Å². The fraction of sp³-hybridized carbons (Fsp3) is 0.517. The van der Waals surface area contributed by atoms with Gasteiger partial charge in [0.05, 0.1) is 11.0 Å². The molecule has 5 aliphatic rings. The molecule has 37 heavy (non-hydrogen) atoms. The second-order valence-corrected chi connectivity index (χ2v) is 13.7. The summed E-state index contributed by atoms with van der Waals surface area (Å²) in [6.45, 7) is 9.44. The van der Waals surface area contributed by atoms with E-state index in [4.69, 9.17) is 4.52 Å². The third-order valence-electron chi connectivity index (χ3n) is 8.43. The van der Waals surface area contributed by atoms with E-state index in [1.807, 2.05) is 29.3 Å². The Morgan fingerprint density at radius 2 is 1.84 bits per heavy atom. The molecule has 0 N–H and O–H groups in total. The topological polar surface area (TPSA) is 75.5 Å². The van der Waals surface area contributed by atoms with Crippen LogP contribution in [0.25, 0.3) is 5.57 Å². The van der Waals surface area contributed by atoms with Gasteiger partial charge >= 0.3 is 7.67 Å². The molecule has 2 heterocycles. The first kappa shape index (κ1) is 25.0. The summed E-state index contributed by atoms with van der Waals surface area (Å²) in [5, 5.41) is 12.1. The minimum absolute atomic E-state index is 0.0233. The molecule has 7 nitrogen and oxygen atoms in total. The highest BCUT2D eigenvalue weighted by Crippen LogP contribution is 2.62. The Hall–Kier alpha value is -2.31. The van der Waals surface area contributed by atoms with E-state index in [1.54, 1.807) is 0 Å². The summed E-state index contributed by atoms with van der Waals surface area (Å²) in [4.78, 5) is 11.9. The zero-order valence-corrected chi connectivity index (χ0v) is 22.8. The second kappa shape index (κ2) is 9.46. The van der Waals surface area contributed by atoms with E-state index in [-0.39, 0.29) is 28.8 Å². The molecule has 2 aliphatic heterocycles. The Labute approximate surface area is 219 Å². The zero-order valence-electron chi connectivity index (χ0n) is 21.9. The largest absolute Gasteiger partial charge is 0.346 e. The number of nitro groups is 1. The van der Waals surface area contributed by atoms with Crippen molar-refractivity contribution >= 4 is 13.2 Å². The van der Waals surface area contributed by atoms with Crippen LogP contribution in [0.5, 0.6) is 0 Å². The van der Waals surface area contributed by atoms with E-state index < -0.39 is 7.67 Å². The molecule has 0 amide bonds. The monoisotopic (exact) mass is 521 g/mol. The lowest BCUT2D eigenvalue weighted by molar-refractivity contribution is -0.430. The smallest absolute Gasteiger partial charge is 0.298 e. The zero-order chi connectivity index (χ0) is 25.9. The van der Waals surface area contributed by atoms with Crippen LogP contribution >= 0.6 is 7.67 Å². The normalized spacial score (nSPS) is 30.6. The Bertz CT molecular complexity index is 1270. The van der Waals surface area contributed by atoms with Gasteiger partial charge in [-0.25, -0.2) is 9.34 Å². The third kappa shape index (κ3) is 4.95. The van der Waals surface area contributed by atoms with Crippen LogP contribution in [0.4, 0.5) is 0 Å². The van der Waals surface area contributed by atoms with Gasteiger partial charge < -0.3 is 0 Å². The molecule has 6 rings (SSSR count). The van der Waals surface area contributed by atoms with Gasteiger partial charge in [0.25, 0.3) is 0 Å². The van der Waals surface area contributed by atoms with Crippen molar-refractivity contribution in [1.29, 1.82) is 0 Å². The van der Waals surface area contributed by atoms with E-state index in [2.05, 4.69) is 49.4 Å². The molecule has 2 saturated heterocycles. The summed E-state index contributed by atoms with van der Waals surface area (Å²) in [5.74, 6) is 0.928. The van der Waals surface area contributed by atoms with Crippen molar-refractivity contribution in [2.24, 2.45) is 17.8 Å². The Morgan fingerprint density at radius 3 is 2.49 bits per heavy atom. The van der Waals surface area contributed by atoms with Crippen molar-refractivity contribution in [3.63, 3.8) is 0 Å². The van der Waals surface area contributed by atoms with Crippen molar-refractivity contribution in [2.75, 3.05) is 26.2 Å². The molecule has 1 aromatic rings. The van der Waals surface area contributed by atoms with E-state index in [0.29, 0.717) is 18.0 Å². The van der Waals surface area contributed by atoms with Crippen molar-refractivity contribution in [3.05, 3.63) is 86.7 Å². The van der Waals surface area contributed by atoms with Gasteiger partial charge in [-0.1, -0.05) is 62.4 Å². The molecule has 1 aromatic carbocycles. The molecular formula is C29H36N3O4P. The maximum absolute atomic E-state index is 13.6. The van der Waals surface area contributed by atoms with Crippen molar-refractivity contribution in [1.82, 2.24) is 9.34 Å². The summed E-state index contributed by atoms with van der Waals surface area (Å²) in [5.41, 5.74) is 6.05. The number of hydrogen-bond donors (Lipinski definition) is 0. The predicted octanol–water partition coefficient (Wildman–Crippen LogP) is 6.41. The Kier molecular flexibility index (Phi) is 6.39. The average Bonchev–Trinajstić information content (AvgIpc) is 3.73. The lowest BCUT2D eigenvalue weighted by atomic mass is 9.83. The van der Waals surface area contributed by atoms with Gasteiger partial charge in [0.2, 0.25) is 5.70 Å². The fourth-order valence-electron chi connectivity index (χ4n) is 6.06. The molecule has 0 spiro atoms. The standard InChI is InChI=1S/C29H36N3O4P/c1-19-6-4-7-22(14-19)23-8-5-9-24(16-23)26-18-27(26)28-17-25(20(2)15-29(28)32(33)34)21(3)36-37(35,30-10-11-30)31-12-13-31/h4-9,16-17,19-21,26-27H,10-15,18H2,1-3H3. The number of rotatable bonds is 9. The number of nitrogens with zero attached hydrogens (tertiary/aromatic N) is 3. The van der Waals surface area contributed by atoms with E-state index in [1.165, 1.54) is 16.7 Å². The lowest BCUT2D eigenvalue weighted by Crippen LogP contribution is -2.24. The summed E-state index contributed by atoms with van der Waals surface area (Å²) < 4.78 is 23.7. The molecule has 0 radical (unpaired) electrons. The maximum atomic E-state index is 13.6. The van der Waals surface area contributed by atoms with Crippen LogP contribution in [0.2, 0.25) is 0 Å². The molecule has 1 saturated carbocycles. The van der Waals surface area contributed by atoms with Gasteiger partial charge in [-0.2, -0.15) is 0 Å². The van der Waals surface area contributed by atoms with Crippen molar-refractivity contribution in [3.8, 4) is 0 Å². The lowest BCUT2D eigenvalue weighted by Gasteiger charge is -2.30. The van der Waals surface area contributed by atoms with Crippen LogP contribution in [-0.4, -0.2) is 46.5 Å². The molecular weight excluding hydrogens is 485 g/mol. The van der Waals surface area contributed by atoms with Gasteiger partial charge in [0, 0.05) is 38.2 Å². The summed E-state index contributed by atoms with van der Waals surface area (Å²) >= 11 is 0. The highest BCUT2D eigenvalue weighted by atomic mass is 31.2. The highest BCUT2D eigenvalue weighted by molar-refractivity contribution is 7.54. The molecule has 3 aliphatic carbocycles. The molecule has 3 fully saturated rings. The number of allylic oxidation sites excluding steroid dienone is 7. The molecule has 8 heteroatoms. The van der Waals surface area contributed by atoms with E-state index in [9.17, 15) is 14.7 Å². The maximum Gasteiger partial charge on any atom is 0.346 e. The number of hydrogen-bond acceptors (Lipinski definition) is 4. The summed E-state index contributed by atoms with van der Waals surface area (Å²) in [6.07, 6.45) is 10.6. The Morgan fingerprint density at radius 1 is 1.11 bits per heavy atom. The highest BCUT2D eigenvalue weighted by Gasteiger charge is 2.51. The first-order chi connectivity index (χ1) is 17.7.